The van der Waals surface area contributed by atoms with Gasteiger partial charge in [0, 0.05) is 13.2 Å². The second kappa shape index (κ2) is 6.44. The molecule has 0 aliphatic carbocycles. The van der Waals surface area contributed by atoms with Crippen LogP contribution in [-0.4, -0.2) is 54.2 Å². The molecule has 1 heterocycles. The maximum Gasteiger partial charge on any atom is 0.317 e. The number of nitrogens with two attached hydrogens (primary N) is 1. The Labute approximate surface area is 94.3 Å². The van der Waals surface area contributed by atoms with Gasteiger partial charge in [-0.2, -0.15) is 0 Å². The molecule has 0 spiro atoms. The summed E-state index contributed by atoms with van der Waals surface area (Å²) < 4.78 is 5.48. The average Bonchev–Trinajstić information content (AvgIpc) is 2.16. The third-order valence-corrected chi connectivity index (χ3v) is 2.47. The number of carbonyl (C=O) groups is 2. The highest BCUT2D eigenvalue weighted by molar-refractivity contribution is 5.77. The zero-order valence-electron chi connectivity index (χ0n) is 9.22. The van der Waals surface area contributed by atoms with Crippen molar-refractivity contribution in [2.75, 3.05) is 26.2 Å². The number of carboxylic acids is 1. The van der Waals surface area contributed by atoms with Crippen LogP contribution in [0.5, 0.6) is 0 Å². The highest BCUT2D eigenvalue weighted by Gasteiger charge is 2.20. The standard InChI is InChI=1S/C10H18N2O4/c11-9(13)6-12(7-10(14)15)5-8-3-1-2-4-16-8/h8H,1-7H2,(H2,11,13)(H,14,15). The quantitative estimate of drug-likeness (QED) is 0.637. The van der Waals surface area contributed by atoms with Crippen molar-refractivity contribution in [2.24, 2.45) is 5.73 Å². The van der Waals surface area contributed by atoms with Crippen LogP contribution in [0, 0.1) is 0 Å². The number of hydrogen-bond donors (Lipinski definition) is 2. The van der Waals surface area contributed by atoms with Crippen molar-refractivity contribution in [3.8, 4) is 0 Å². The minimum absolute atomic E-state index is 0.0208. The Hall–Kier alpha value is -1.14. The van der Waals surface area contributed by atoms with Crippen LogP contribution in [0.2, 0.25) is 0 Å². The molecule has 6 heteroatoms. The van der Waals surface area contributed by atoms with Crippen LogP contribution in [0.4, 0.5) is 0 Å². The van der Waals surface area contributed by atoms with Gasteiger partial charge in [0.05, 0.1) is 19.2 Å². The van der Waals surface area contributed by atoms with Crippen molar-refractivity contribution in [3.05, 3.63) is 0 Å². The van der Waals surface area contributed by atoms with Gasteiger partial charge in [0.15, 0.2) is 0 Å². The van der Waals surface area contributed by atoms with Gasteiger partial charge >= 0.3 is 5.97 Å². The number of nitrogens with zero attached hydrogens (tertiary/aromatic N) is 1. The van der Waals surface area contributed by atoms with Crippen molar-refractivity contribution in [1.29, 1.82) is 0 Å². The van der Waals surface area contributed by atoms with Crippen LogP contribution >= 0.6 is 0 Å². The molecule has 3 N–H and O–H groups in total. The van der Waals surface area contributed by atoms with Crippen LogP contribution in [-0.2, 0) is 14.3 Å². The lowest BCUT2D eigenvalue weighted by Gasteiger charge is -2.28. The first-order valence-corrected chi connectivity index (χ1v) is 5.42. The van der Waals surface area contributed by atoms with E-state index < -0.39 is 11.9 Å². The number of aliphatic carboxylic acids is 1. The summed E-state index contributed by atoms with van der Waals surface area (Å²) in [6, 6.07) is 0. The van der Waals surface area contributed by atoms with E-state index in [1.165, 1.54) is 4.90 Å². The van der Waals surface area contributed by atoms with Crippen LogP contribution in [0.1, 0.15) is 19.3 Å². The van der Waals surface area contributed by atoms with E-state index in [1.54, 1.807) is 0 Å². The van der Waals surface area contributed by atoms with Gasteiger partial charge in [-0.05, 0) is 19.3 Å². The Morgan fingerprint density at radius 2 is 2.12 bits per heavy atom. The predicted molar refractivity (Wildman–Crippen MR) is 56.9 cm³/mol. The number of hydrogen-bond acceptors (Lipinski definition) is 4. The first kappa shape index (κ1) is 12.9. The molecule has 0 radical (unpaired) electrons. The predicted octanol–water partition coefficient (Wildman–Crippen LogP) is -0.573. The summed E-state index contributed by atoms with van der Waals surface area (Å²) in [5, 5.41) is 8.69. The topological polar surface area (TPSA) is 92.9 Å². The van der Waals surface area contributed by atoms with E-state index in [1.807, 2.05) is 0 Å². The smallest absolute Gasteiger partial charge is 0.317 e. The molecule has 1 aliphatic heterocycles. The normalized spacial score (nSPS) is 20.9. The van der Waals surface area contributed by atoms with Gasteiger partial charge in [0.2, 0.25) is 5.91 Å². The zero-order valence-corrected chi connectivity index (χ0v) is 9.22. The fraction of sp³-hybridized carbons (Fsp3) is 0.800. The molecule has 0 aromatic heterocycles. The monoisotopic (exact) mass is 230 g/mol. The van der Waals surface area contributed by atoms with Crippen molar-refractivity contribution in [3.63, 3.8) is 0 Å². The SMILES string of the molecule is NC(=O)CN(CC(=O)O)CC1CCCCO1. The maximum absolute atomic E-state index is 10.8. The summed E-state index contributed by atoms with van der Waals surface area (Å²) in [4.78, 5) is 22.9. The van der Waals surface area contributed by atoms with Crippen LogP contribution in [0.25, 0.3) is 0 Å². The molecule has 0 aromatic carbocycles. The third-order valence-electron chi connectivity index (χ3n) is 2.47. The molecule has 1 atom stereocenters. The molecule has 16 heavy (non-hydrogen) atoms. The fourth-order valence-electron chi connectivity index (χ4n) is 1.84. The largest absolute Gasteiger partial charge is 0.480 e. The molecule has 1 fully saturated rings. The summed E-state index contributed by atoms with van der Waals surface area (Å²) in [7, 11) is 0. The second-order valence-corrected chi connectivity index (χ2v) is 4.02. The number of carboxylic acid groups (broad SMARTS) is 1. The lowest BCUT2D eigenvalue weighted by atomic mass is 10.1. The Kier molecular flexibility index (Phi) is 5.21. The second-order valence-electron chi connectivity index (χ2n) is 4.02. The van der Waals surface area contributed by atoms with Gasteiger partial charge in [-0.3, -0.25) is 14.5 Å². The summed E-state index contributed by atoms with van der Waals surface area (Å²) in [6.07, 6.45) is 3.06. The van der Waals surface area contributed by atoms with Gasteiger partial charge in [-0.1, -0.05) is 0 Å². The lowest BCUT2D eigenvalue weighted by molar-refractivity contribution is -0.139. The van der Waals surface area contributed by atoms with Gasteiger partial charge in [-0.25, -0.2) is 0 Å². The molecule has 0 bridgehead atoms. The molecule has 1 unspecified atom stereocenters. The van der Waals surface area contributed by atoms with Crippen LogP contribution in [0.3, 0.4) is 0 Å². The molecule has 1 saturated heterocycles. The number of rotatable bonds is 6. The van der Waals surface area contributed by atoms with E-state index in [0.717, 1.165) is 19.3 Å². The molecule has 1 amide bonds. The van der Waals surface area contributed by atoms with E-state index in [9.17, 15) is 9.59 Å². The van der Waals surface area contributed by atoms with Gasteiger partial charge in [0.1, 0.15) is 0 Å². The number of carbonyl (C=O) groups excluding carboxylic acids is 1. The molecular weight excluding hydrogens is 212 g/mol. The van der Waals surface area contributed by atoms with Gasteiger partial charge in [0.25, 0.3) is 0 Å². The van der Waals surface area contributed by atoms with Crippen molar-refractivity contribution >= 4 is 11.9 Å². The molecule has 1 rings (SSSR count). The van der Waals surface area contributed by atoms with Gasteiger partial charge in [-0.15, -0.1) is 0 Å². The van der Waals surface area contributed by atoms with Gasteiger partial charge < -0.3 is 15.6 Å². The van der Waals surface area contributed by atoms with Crippen LogP contribution in [0.15, 0.2) is 0 Å². The first-order valence-electron chi connectivity index (χ1n) is 5.42. The number of ether oxygens (including phenoxy) is 1. The molecule has 1 aliphatic rings. The summed E-state index contributed by atoms with van der Waals surface area (Å²) in [6.45, 7) is 0.951. The van der Waals surface area contributed by atoms with Crippen LogP contribution < -0.4 is 5.73 Å². The lowest BCUT2D eigenvalue weighted by Crippen LogP contribution is -2.43. The van der Waals surface area contributed by atoms with E-state index in [0.29, 0.717) is 13.2 Å². The minimum Gasteiger partial charge on any atom is -0.480 e. The summed E-state index contributed by atoms with van der Waals surface area (Å²) in [5.41, 5.74) is 5.06. The molecule has 0 saturated carbocycles. The highest BCUT2D eigenvalue weighted by atomic mass is 16.5. The van der Waals surface area contributed by atoms with E-state index in [4.69, 9.17) is 15.6 Å². The summed E-state index contributed by atoms with van der Waals surface area (Å²) in [5.74, 6) is -1.48. The van der Waals surface area contributed by atoms with E-state index in [-0.39, 0.29) is 19.2 Å². The van der Waals surface area contributed by atoms with E-state index >= 15 is 0 Å². The molecule has 0 aromatic rings. The van der Waals surface area contributed by atoms with Crippen molar-refractivity contribution in [2.45, 2.75) is 25.4 Å². The molecule has 92 valence electrons. The zero-order chi connectivity index (χ0) is 12.0. The maximum atomic E-state index is 10.8. The molecule has 6 nitrogen and oxygen atoms in total. The average molecular weight is 230 g/mol. The third kappa shape index (κ3) is 5.09. The Balaban J connectivity index is 2.40. The Bertz CT molecular complexity index is 235. The first-order chi connectivity index (χ1) is 7.58. The van der Waals surface area contributed by atoms with Crippen molar-refractivity contribution in [1.82, 2.24) is 4.90 Å². The highest BCUT2D eigenvalue weighted by Crippen LogP contribution is 2.13. The Morgan fingerprint density at radius 3 is 2.62 bits per heavy atom. The summed E-state index contributed by atoms with van der Waals surface area (Å²) >= 11 is 0. The van der Waals surface area contributed by atoms with E-state index in [2.05, 4.69) is 0 Å². The number of amides is 1. The minimum atomic E-state index is -0.961. The van der Waals surface area contributed by atoms with Crippen molar-refractivity contribution < 1.29 is 19.4 Å². The number of primary amides is 1. The fourth-order valence-corrected chi connectivity index (χ4v) is 1.84. The molecular formula is C10H18N2O4. The Morgan fingerprint density at radius 1 is 1.38 bits per heavy atom.